The topological polar surface area (TPSA) is 65.1 Å². The summed E-state index contributed by atoms with van der Waals surface area (Å²) in [4.78, 5) is 15.3. The second-order valence-electron chi connectivity index (χ2n) is 5.68. The molecular formula is C16H20N2O2. The van der Waals surface area contributed by atoms with E-state index in [9.17, 15) is 9.90 Å². The highest BCUT2D eigenvalue weighted by Gasteiger charge is 2.20. The van der Waals surface area contributed by atoms with Crippen molar-refractivity contribution in [3.05, 3.63) is 36.0 Å². The fraction of sp³-hybridized carbons (Fsp3) is 0.438. The highest BCUT2D eigenvalue weighted by Crippen LogP contribution is 2.23. The smallest absolute Gasteiger partial charge is 0.251 e. The lowest BCUT2D eigenvalue weighted by Gasteiger charge is -2.25. The standard InChI is InChI=1S/C16H20N2O2/c19-14-3-1-2-11(8-14)10-18-16(20)13-4-5-15-12(9-13)6-7-17-15/h4-7,9,11,14,17,19H,1-3,8,10H2,(H,18,20). The van der Waals surface area contributed by atoms with Gasteiger partial charge in [-0.2, -0.15) is 0 Å². The monoisotopic (exact) mass is 272 g/mol. The molecular weight excluding hydrogens is 252 g/mol. The van der Waals surface area contributed by atoms with Crippen LogP contribution in [0.3, 0.4) is 0 Å². The van der Waals surface area contributed by atoms with E-state index in [2.05, 4.69) is 10.3 Å². The van der Waals surface area contributed by atoms with E-state index in [4.69, 9.17) is 0 Å². The maximum atomic E-state index is 12.2. The van der Waals surface area contributed by atoms with Gasteiger partial charge < -0.3 is 15.4 Å². The number of hydrogen-bond acceptors (Lipinski definition) is 2. The van der Waals surface area contributed by atoms with Gasteiger partial charge in [0.25, 0.3) is 5.91 Å². The summed E-state index contributed by atoms with van der Waals surface area (Å²) >= 11 is 0. The maximum absolute atomic E-state index is 12.2. The molecule has 20 heavy (non-hydrogen) atoms. The van der Waals surface area contributed by atoms with Crippen LogP contribution in [0, 0.1) is 5.92 Å². The molecule has 1 fully saturated rings. The Morgan fingerprint density at radius 1 is 1.35 bits per heavy atom. The predicted octanol–water partition coefficient (Wildman–Crippen LogP) is 2.45. The molecule has 2 atom stereocenters. The van der Waals surface area contributed by atoms with Crippen molar-refractivity contribution in [2.45, 2.75) is 31.8 Å². The summed E-state index contributed by atoms with van der Waals surface area (Å²) in [6.07, 6.45) is 5.52. The van der Waals surface area contributed by atoms with Gasteiger partial charge in [0.1, 0.15) is 0 Å². The molecule has 4 nitrogen and oxygen atoms in total. The summed E-state index contributed by atoms with van der Waals surface area (Å²) in [5.41, 5.74) is 1.73. The molecule has 106 valence electrons. The summed E-state index contributed by atoms with van der Waals surface area (Å²) in [5, 5.41) is 13.7. The molecule has 3 N–H and O–H groups in total. The lowest BCUT2D eigenvalue weighted by molar-refractivity contribution is 0.0874. The van der Waals surface area contributed by atoms with E-state index in [1.54, 1.807) is 0 Å². The number of aliphatic hydroxyl groups excluding tert-OH is 1. The summed E-state index contributed by atoms with van der Waals surface area (Å²) < 4.78 is 0. The fourth-order valence-corrected chi connectivity index (χ4v) is 2.98. The first kappa shape index (κ1) is 13.2. The van der Waals surface area contributed by atoms with Crippen LogP contribution < -0.4 is 5.32 Å². The zero-order chi connectivity index (χ0) is 13.9. The number of aromatic nitrogens is 1. The quantitative estimate of drug-likeness (QED) is 0.803. The number of fused-ring (bicyclic) bond motifs is 1. The Hall–Kier alpha value is -1.81. The molecule has 1 saturated carbocycles. The van der Waals surface area contributed by atoms with Gasteiger partial charge in [-0.15, -0.1) is 0 Å². The van der Waals surface area contributed by atoms with Crippen LogP contribution in [0.4, 0.5) is 0 Å². The van der Waals surface area contributed by atoms with Crippen LogP contribution in [0.25, 0.3) is 10.9 Å². The van der Waals surface area contributed by atoms with E-state index in [-0.39, 0.29) is 12.0 Å². The number of benzene rings is 1. The van der Waals surface area contributed by atoms with E-state index in [0.717, 1.165) is 36.6 Å². The van der Waals surface area contributed by atoms with Crippen molar-refractivity contribution < 1.29 is 9.90 Å². The van der Waals surface area contributed by atoms with Crippen LogP contribution in [-0.2, 0) is 0 Å². The van der Waals surface area contributed by atoms with Gasteiger partial charge in [0.2, 0.25) is 0 Å². The summed E-state index contributed by atoms with van der Waals surface area (Å²) in [6, 6.07) is 7.62. The normalized spacial score (nSPS) is 22.9. The summed E-state index contributed by atoms with van der Waals surface area (Å²) in [7, 11) is 0. The van der Waals surface area contributed by atoms with E-state index >= 15 is 0 Å². The average Bonchev–Trinajstić information content (AvgIpc) is 2.92. The number of hydrogen-bond donors (Lipinski definition) is 3. The number of carbonyl (C=O) groups excluding carboxylic acids is 1. The fourth-order valence-electron chi connectivity index (χ4n) is 2.98. The minimum absolute atomic E-state index is 0.0341. The van der Waals surface area contributed by atoms with Crippen molar-refractivity contribution in [2.75, 3.05) is 6.54 Å². The van der Waals surface area contributed by atoms with Crippen molar-refractivity contribution in [2.24, 2.45) is 5.92 Å². The Kier molecular flexibility index (Phi) is 3.74. The first-order chi connectivity index (χ1) is 9.72. The molecule has 2 unspecified atom stereocenters. The average molecular weight is 272 g/mol. The number of amides is 1. The number of rotatable bonds is 3. The first-order valence-electron chi connectivity index (χ1n) is 7.26. The van der Waals surface area contributed by atoms with Gasteiger partial charge in [0, 0.05) is 29.2 Å². The molecule has 1 aromatic heterocycles. The Balaban J connectivity index is 1.60. The van der Waals surface area contributed by atoms with Crippen LogP contribution >= 0.6 is 0 Å². The third-order valence-corrected chi connectivity index (χ3v) is 4.12. The molecule has 1 aliphatic rings. The lowest BCUT2D eigenvalue weighted by Crippen LogP contribution is -2.32. The highest BCUT2D eigenvalue weighted by molar-refractivity contribution is 5.98. The SMILES string of the molecule is O=C(NCC1CCCC(O)C1)c1ccc2[nH]ccc2c1. The first-order valence-corrected chi connectivity index (χ1v) is 7.26. The Bertz CT molecular complexity index is 605. The largest absolute Gasteiger partial charge is 0.393 e. The zero-order valence-corrected chi connectivity index (χ0v) is 11.4. The zero-order valence-electron chi connectivity index (χ0n) is 11.4. The molecule has 0 aliphatic heterocycles. The molecule has 1 aromatic carbocycles. The number of aliphatic hydroxyl groups is 1. The third-order valence-electron chi connectivity index (χ3n) is 4.12. The maximum Gasteiger partial charge on any atom is 0.251 e. The molecule has 1 amide bonds. The van der Waals surface area contributed by atoms with Crippen LogP contribution in [0.2, 0.25) is 0 Å². The van der Waals surface area contributed by atoms with Gasteiger partial charge in [0.15, 0.2) is 0 Å². The summed E-state index contributed by atoms with van der Waals surface area (Å²) in [5.74, 6) is 0.367. The molecule has 0 radical (unpaired) electrons. The van der Waals surface area contributed by atoms with Crippen molar-refractivity contribution in [3.63, 3.8) is 0 Å². The highest BCUT2D eigenvalue weighted by atomic mass is 16.3. The van der Waals surface area contributed by atoms with Gasteiger partial charge in [-0.3, -0.25) is 4.79 Å². The number of nitrogens with one attached hydrogen (secondary N) is 2. The lowest BCUT2D eigenvalue weighted by atomic mass is 9.87. The van der Waals surface area contributed by atoms with Crippen molar-refractivity contribution in [1.29, 1.82) is 0 Å². The van der Waals surface area contributed by atoms with Crippen molar-refractivity contribution in [1.82, 2.24) is 10.3 Å². The molecule has 1 aliphatic carbocycles. The van der Waals surface area contributed by atoms with E-state index in [1.165, 1.54) is 0 Å². The predicted molar refractivity (Wildman–Crippen MR) is 78.6 cm³/mol. The Morgan fingerprint density at radius 3 is 3.10 bits per heavy atom. The van der Waals surface area contributed by atoms with Crippen LogP contribution in [0.15, 0.2) is 30.5 Å². The third kappa shape index (κ3) is 2.85. The molecule has 3 rings (SSSR count). The van der Waals surface area contributed by atoms with Crippen LogP contribution in [0.5, 0.6) is 0 Å². The van der Waals surface area contributed by atoms with E-state index in [0.29, 0.717) is 18.0 Å². The van der Waals surface area contributed by atoms with Crippen LogP contribution in [0.1, 0.15) is 36.0 Å². The minimum Gasteiger partial charge on any atom is -0.393 e. The van der Waals surface area contributed by atoms with Crippen LogP contribution in [-0.4, -0.2) is 28.6 Å². The number of carbonyl (C=O) groups is 1. The number of H-pyrrole nitrogens is 1. The van der Waals surface area contributed by atoms with Gasteiger partial charge >= 0.3 is 0 Å². The van der Waals surface area contributed by atoms with Gasteiger partial charge in [-0.1, -0.05) is 6.42 Å². The molecule has 0 bridgehead atoms. The van der Waals surface area contributed by atoms with Crippen molar-refractivity contribution in [3.8, 4) is 0 Å². The second kappa shape index (κ2) is 5.67. The number of aromatic amines is 1. The van der Waals surface area contributed by atoms with Gasteiger partial charge in [-0.25, -0.2) is 0 Å². The van der Waals surface area contributed by atoms with Gasteiger partial charge in [-0.05, 0) is 49.4 Å². The summed E-state index contributed by atoms with van der Waals surface area (Å²) in [6.45, 7) is 0.654. The molecule has 0 spiro atoms. The van der Waals surface area contributed by atoms with E-state index < -0.39 is 0 Å². The van der Waals surface area contributed by atoms with Gasteiger partial charge in [0.05, 0.1) is 6.10 Å². The molecule has 4 heteroatoms. The Morgan fingerprint density at radius 2 is 2.25 bits per heavy atom. The van der Waals surface area contributed by atoms with E-state index in [1.807, 2.05) is 30.5 Å². The molecule has 2 aromatic rings. The second-order valence-corrected chi connectivity index (χ2v) is 5.68. The van der Waals surface area contributed by atoms with Crippen molar-refractivity contribution >= 4 is 16.8 Å². The Labute approximate surface area is 118 Å². The minimum atomic E-state index is -0.193. The molecule has 0 saturated heterocycles. The molecule has 1 heterocycles.